The molecule has 0 spiro atoms. The highest BCUT2D eigenvalue weighted by molar-refractivity contribution is 7.18. The normalized spacial score (nSPS) is 11.2. The van der Waals surface area contributed by atoms with Crippen molar-refractivity contribution >= 4 is 43.9 Å². The third-order valence-electron chi connectivity index (χ3n) is 4.21. The summed E-state index contributed by atoms with van der Waals surface area (Å²) < 4.78 is 1.51. The minimum atomic E-state index is -0.151. The van der Waals surface area contributed by atoms with E-state index in [-0.39, 0.29) is 17.9 Å². The molecule has 0 bridgehead atoms. The van der Waals surface area contributed by atoms with Crippen molar-refractivity contribution in [3.63, 3.8) is 0 Å². The van der Waals surface area contributed by atoms with E-state index >= 15 is 0 Å². The highest BCUT2D eigenvalue weighted by Crippen LogP contribution is 2.25. The third-order valence-corrected chi connectivity index (χ3v) is 6.25. The number of carbonyl (C=O) groups excluding carboxylic acids is 1. The van der Waals surface area contributed by atoms with Crippen molar-refractivity contribution in [1.29, 1.82) is 0 Å². The van der Waals surface area contributed by atoms with Crippen LogP contribution < -0.4 is 10.9 Å². The molecule has 0 saturated heterocycles. The number of nitrogens with zero attached hydrogens (tertiary/aromatic N) is 3. The number of fused-ring (bicyclic) bond motifs is 1. The Bertz CT molecular complexity index is 1000. The highest BCUT2D eigenvalue weighted by atomic mass is 32.1. The molecule has 0 saturated carbocycles. The van der Waals surface area contributed by atoms with Gasteiger partial charge < -0.3 is 5.32 Å². The maximum absolute atomic E-state index is 12.6. The van der Waals surface area contributed by atoms with Gasteiger partial charge in [0.05, 0.1) is 17.4 Å². The SMILES string of the molecule is CCc1nc(NC(=O)CCn2cnc3sc(C)c(C)c3c2=O)sc1C. The van der Waals surface area contributed by atoms with Crippen LogP contribution in [0.25, 0.3) is 10.2 Å². The predicted octanol–water partition coefficient (Wildman–Crippen LogP) is 3.43. The van der Waals surface area contributed by atoms with Gasteiger partial charge in [-0.1, -0.05) is 6.92 Å². The molecule has 0 aliphatic carbocycles. The summed E-state index contributed by atoms with van der Waals surface area (Å²) in [6, 6.07) is 0. The average Bonchev–Trinajstić information content (AvgIpc) is 3.06. The Hall–Kier alpha value is -2.06. The van der Waals surface area contributed by atoms with Gasteiger partial charge in [0.1, 0.15) is 4.83 Å². The number of thiazole rings is 1. The molecule has 0 aliphatic rings. The molecule has 1 amide bonds. The van der Waals surface area contributed by atoms with E-state index in [1.54, 1.807) is 0 Å². The first-order chi connectivity index (χ1) is 11.9. The molecule has 0 atom stereocenters. The second-order valence-corrected chi connectivity index (χ2v) is 8.29. The van der Waals surface area contributed by atoms with Crippen molar-refractivity contribution in [3.05, 3.63) is 37.7 Å². The Balaban J connectivity index is 1.71. The Morgan fingerprint density at radius 1 is 1.24 bits per heavy atom. The number of rotatable bonds is 5. The van der Waals surface area contributed by atoms with Gasteiger partial charge in [0, 0.05) is 22.7 Å². The van der Waals surface area contributed by atoms with Crippen molar-refractivity contribution < 1.29 is 4.79 Å². The van der Waals surface area contributed by atoms with Crippen molar-refractivity contribution in [2.75, 3.05) is 5.32 Å². The summed E-state index contributed by atoms with van der Waals surface area (Å²) in [6.45, 7) is 8.26. The van der Waals surface area contributed by atoms with Crippen LogP contribution >= 0.6 is 22.7 Å². The van der Waals surface area contributed by atoms with Crippen LogP contribution in [0.5, 0.6) is 0 Å². The Morgan fingerprint density at radius 2 is 2.00 bits per heavy atom. The number of hydrogen-bond acceptors (Lipinski definition) is 6. The number of anilines is 1. The maximum Gasteiger partial charge on any atom is 0.262 e. The summed E-state index contributed by atoms with van der Waals surface area (Å²) in [7, 11) is 0. The topological polar surface area (TPSA) is 76.9 Å². The lowest BCUT2D eigenvalue weighted by Crippen LogP contribution is -2.23. The van der Waals surface area contributed by atoms with Crippen LogP contribution in [0.1, 0.15) is 34.4 Å². The number of amides is 1. The van der Waals surface area contributed by atoms with Gasteiger partial charge in [-0.3, -0.25) is 14.2 Å². The van der Waals surface area contributed by atoms with Crippen molar-refractivity contribution in [2.24, 2.45) is 0 Å². The fourth-order valence-corrected chi connectivity index (χ4v) is 4.55. The van der Waals surface area contributed by atoms with Crippen molar-refractivity contribution in [3.8, 4) is 0 Å². The van der Waals surface area contributed by atoms with E-state index in [0.29, 0.717) is 17.1 Å². The second kappa shape index (κ2) is 7.05. The summed E-state index contributed by atoms with van der Waals surface area (Å²) >= 11 is 3.00. The van der Waals surface area contributed by atoms with Gasteiger partial charge in [0.15, 0.2) is 5.13 Å². The molecule has 0 radical (unpaired) electrons. The zero-order valence-corrected chi connectivity index (χ0v) is 16.3. The first-order valence-electron chi connectivity index (χ1n) is 8.12. The summed E-state index contributed by atoms with van der Waals surface area (Å²) in [6.07, 6.45) is 2.57. The van der Waals surface area contributed by atoms with Crippen molar-refractivity contribution in [2.45, 2.75) is 47.1 Å². The van der Waals surface area contributed by atoms with E-state index in [1.165, 1.54) is 33.6 Å². The third kappa shape index (κ3) is 3.50. The lowest BCUT2D eigenvalue weighted by molar-refractivity contribution is -0.116. The van der Waals surface area contributed by atoms with Crippen LogP contribution in [0.4, 0.5) is 5.13 Å². The van der Waals surface area contributed by atoms with E-state index in [4.69, 9.17) is 0 Å². The molecule has 25 heavy (non-hydrogen) atoms. The van der Waals surface area contributed by atoms with Gasteiger partial charge >= 0.3 is 0 Å². The van der Waals surface area contributed by atoms with Crippen LogP contribution in [-0.4, -0.2) is 20.4 Å². The molecule has 1 N–H and O–H groups in total. The molecule has 132 valence electrons. The zero-order chi connectivity index (χ0) is 18.1. The van der Waals surface area contributed by atoms with Gasteiger partial charge in [-0.2, -0.15) is 0 Å². The van der Waals surface area contributed by atoms with Crippen LogP contribution in [0.15, 0.2) is 11.1 Å². The minimum Gasteiger partial charge on any atom is -0.302 e. The van der Waals surface area contributed by atoms with Crippen LogP contribution in [0.3, 0.4) is 0 Å². The van der Waals surface area contributed by atoms with E-state index in [1.807, 2.05) is 27.7 Å². The van der Waals surface area contributed by atoms with E-state index in [9.17, 15) is 9.59 Å². The number of thiophene rings is 1. The number of nitrogens with one attached hydrogen (secondary N) is 1. The predicted molar refractivity (Wildman–Crippen MR) is 103 cm³/mol. The van der Waals surface area contributed by atoms with E-state index in [0.717, 1.165) is 32.3 Å². The fourth-order valence-electron chi connectivity index (χ4n) is 2.64. The smallest absolute Gasteiger partial charge is 0.262 e. The summed E-state index contributed by atoms with van der Waals surface area (Å²) in [5.74, 6) is -0.151. The molecule has 3 rings (SSSR count). The molecular weight excluding hydrogens is 356 g/mol. The number of aromatic nitrogens is 3. The van der Waals surface area contributed by atoms with E-state index < -0.39 is 0 Å². The molecule has 0 aromatic carbocycles. The first-order valence-corrected chi connectivity index (χ1v) is 9.75. The van der Waals surface area contributed by atoms with Gasteiger partial charge in [0.2, 0.25) is 5.91 Å². The number of carbonyl (C=O) groups is 1. The molecule has 6 nitrogen and oxygen atoms in total. The van der Waals surface area contributed by atoms with Gasteiger partial charge in [0.25, 0.3) is 5.56 Å². The maximum atomic E-state index is 12.6. The van der Waals surface area contributed by atoms with E-state index in [2.05, 4.69) is 15.3 Å². The molecule has 8 heteroatoms. The molecule has 0 fully saturated rings. The standard InChI is InChI=1S/C17H20N4O2S2/c1-5-12-11(4)25-17(19-12)20-13(22)6-7-21-8-18-15-14(16(21)23)9(2)10(3)24-15/h8H,5-7H2,1-4H3,(H,19,20,22). The first kappa shape index (κ1) is 17.8. The summed E-state index contributed by atoms with van der Waals surface area (Å²) in [4.78, 5) is 36.5. The van der Waals surface area contributed by atoms with Crippen LogP contribution in [-0.2, 0) is 17.8 Å². The van der Waals surface area contributed by atoms with Gasteiger partial charge in [-0.25, -0.2) is 9.97 Å². The Morgan fingerprint density at radius 3 is 2.68 bits per heavy atom. The molecule has 3 aromatic heterocycles. The fraction of sp³-hybridized carbons (Fsp3) is 0.412. The monoisotopic (exact) mass is 376 g/mol. The summed E-state index contributed by atoms with van der Waals surface area (Å²) in [5.41, 5.74) is 1.90. The van der Waals surface area contributed by atoms with Crippen LogP contribution in [0.2, 0.25) is 0 Å². The Labute approximate surface area is 153 Å². The van der Waals surface area contributed by atoms with Crippen molar-refractivity contribution in [1.82, 2.24) is 14.5 Å². The lowest BCUT2D eigenvalue weighted by Gasteiger charge is -2.05. The number of hydrogen-bond donors (Lipinski definition) is 1. The molecule has 0 aliphatic heterocycles. The molecular formula is C17H20N4O2S2. The number of aryl methyl sites for hydroxylation is 5. The highest BCUT2D eigenvalue weighted by Gasteiger charge is 2.13. The van der Waals surface area contributed by atoms with Gasteiger partial charge in [-0.15, -0.1) is 22.7 Å². The van der Waals surface area contributed by atoms with Gasteiger partial charge in [-0.05, 0) is 32.8 Å². The summed E-state index contributed by atoms with van der Waals surface area (Å²) in [5, 5.41) is 4.09. The van der Waals surface area contributed by atoms with Crippen LogP contribution in [0, 0.1) is 20.8 Å². The Kier molecular flexibility index (Phi) is 5.01. The zero-order valence-electron chi connectivity index (χ0n) is 14.7. The minimum absolute atomic E-state index is 0.0852. The molecule has 3 aromatic rings. The second-order valence-electron chi connectivity index (χ2n) is 5.88. The largest absolute Gasteiger partial charge is 0.302 e. The molecule has 0 unspecified atom stereocenters. The molecule has 3 heterocycles. The lowest BCUT2D eigenvalue weighted by atomic mass is 10.2. The average molecular weight is 377 g/mol. The quantitative estimate of drug-likeness (QED) is 0.740.